The third-order valence-corrected chi connectivity index (χ3v) is 6.35. The molecule has 4 aromatic rings. The van der Waals surface area contributed by atoms with Gasteiger partial charge in [0.25, 0.3) is 10.0 Å². The van der Waals surface area contributed by atoms with Crippen LogP contribution in [0.5, 0.6) is 0 Å². The molecule has 154 valence electrons. The third-order valence-electron chi connectivity index (χ3n) is 4.67. The molecule has 0 aliphatic carbocycles. The van der Waals surface area contributed by atoms with Crippen LogP contribution in [0.25, 0.3) is 22.0 Å². The fourth-order valence-electron chi connectivity index (χ4n) is 3.18. The van der Waals surface area contributed by atoms with E-state index in [9.17, 15) is 22.7 Å². The molecule has 2 aromatic carbocycles. The number of carbonyl (C=O) groups excluding carboxylic acids is 1. The van der Waals surface area contributed by atoms with Crippen molar-refractivity contribution in [3.05, 3.63) is 72.9 Å². The van der Waals surface area contributed by atoms with Crippen LogP contribution in [-0.2, 0) is 21.4 Å². The number of primary amides is 1. The zero-order valence-corrected chi connectivity index (χ0v) is 16.3. The van der Waals surface area contributed by atoms with E-state index in [-0.39, 0.29) is 17.0 Å². The maximum atomic E-state index is 13.9. The minimum atomic E-state index is -3.97. The summed E-state index contributed by atoms with van der Waals surface area (Å²) < 4.78 is 42.6. The number of nitrogens with two attached hydrogens (primary N) is 1. The van der Waals surface area contributed by atoms with Crippen LogP contribution < -0.4 is 5.73 Å². The normalized spacial score (nSPS) is 12.9. The lowest BCUT2D eigenvalue weighted by Gasteiger charge is -2.07. The van der Waals surface area contributed by atoms with Crippen molar-refractivity contribution in [2.24, 2.45) is 5.73 Å². The SMILES string of the molecule is NC(=O)C(O)Cn1cc(-c2cn(S(=O)(=O)c3ccccc3)c3cc(F)ccc23)cn1. The zero-order valence-electron chi connectivity index (χ0n) is 15.5. The van der Waals surface area contributed by atoms with Gasteiger partial charge >= 0.3 is 0 Å². The molecule has 0 radical (unpaired) electrons. The molecule has 3 N–H and O–H groups in total. The molecule has 0 spiro atoms. The maximum absolute atomic E-state index is 13.9. The number of aliphatic hydroxyl groups excluding tert-OH is 1. The van der Waals surface area contributed by atoms with Crippen molar-refractivity contribution in [2.75, 3.05) is 0 Å². The summed E-state index contributed by atoms with van der Waals surface area (Å²) in [6.45, 7) is -0.148. The van der Waals surface area contributed by atoms with Crippen molar-refractivity contribution < 1.29 is 22.7 Å². The van der Waals surface area contributed by atoms with E-state index < -0.39 is 27.9 Å². The highest BCUT2D eigenvalue weighted by molar-refractivity contribution is 7.90. The van der Waals surface area contributed by atoms with Gasteiger partial charge in [-0.05, 0) is 30.3 Å². The summed E-state index contributed by atoms with van der Waals surface area (Å²) in [5.41, 5.74) is 6.28. The Morgan fingerprint density at radius 3 is 2.60 bits per heavy atom. The third kappa shape index (κ3) is 3.46. The van der Waals surface area contributed by atoms with Gasteiger partial charge in [-0.1, -0.05) is 18.2 Å². The lowest BCUT2D eigenvalue weighted by molar-refractivity contribution is -0.126. The van der Waals surface area contributed by atoms with Gasteiger partial charge in [0.15, 0.2) is 6.10 Å². The van der Waals surface area contributed by atoms with Crippen LogP contribution in [-0.4, -0.2) is 39.3 Å². The summed E-state index contributed by atoms with van der Waals surface area (Å²) in [4.78, 5) is 11.1. The number of fused-ring (bicyclic) bond motifs is 1. The van der Waals surface area contributed by atoms with E-state index in [0.717, 1.165) is 10.0 Å². The number of amides is 1. The van der Waals surface area contributed by atoms with Crippen LogP contribution in [0.4, 0.5) is 4.39 Å². The van der Waals surface area contributed by atoms with Crippen molar-refractivity contribution >= 4 is 26.8 Å². The van der Waals surface area contributed by atoms with Gasteiger partial charge in [-0.15, -0.1) is 0 Å². The van der Waals surface area contributed by atoms with Crippen LogP contribution in [0.1, 0.15) is 0 Å². The largest absolute Gasteiger partial charge is 0.381 e. The quantitative estimate of drug-likeness (QED) is 0.485. The summed E-state index contributed by atoms with van der Waals surface area (Å²) in [6.07, 6.45) is 3.00. The number of hydrogen-bond acceptors (Lipinski definition) is 5. The molecular weight excluding hydrogens is 411 g/mol. The van der Waals surface area contributed by atoms with E-state index >= 15 is 0 Å². The first-order chi connectivity index (χ1) is 14.3. The number of halogens is 1. The molecule has 2 aromatic heterocycles. The number of aromatic nitrogens is 3. The predicted molar refractivity (Wildman–Crippen MR) is 107 cm³/mol. The Labute approximate surface area is 171 Å². The van der Waals surface area contributed by atoms with E-state index in [2.05, 4.69) is 5.10 Å². The summed E-state index contributed by atoms with van der Waals surface area (Å²) in [7, 11) is -3.97. The van der Waals surface area contributed by atoms with E-state index in [1.807, 2.05) is 0 Å². The van der Waals surface area contributed by atoms with Crippen molar-refractivity contribution in [1.82, 2.24) is 13.8 Å². The van der Waals surface area contributed by atoms with Crippen molar-refractivity contribution in [2.45, 2.75) is 17.5 Å². The molecule has 30 heavy (non-hydrogen) atoms. The molecule has 0 aliphatic heterocycles. The van der Waals surface area contributed by atoms with E-state index in [1.165, 1.54) is 41.3 Å². The smallest absolute Gasteiger partial charge is 0.268 e. The molecule has 1 atom stereocenters. The zero-order chi connectivity index (χ0) is 21.5. The average molecular weight is 428 g/mol. The van der Waals surface area contributed by atoms with Gasteiger partial charge in [-0.3, -0.25) is 9.48 Å². The Morgan fingerprint density at radius 1 is 1.17 bits per heavy atom. The number of aliphatic hydroxyl groups is 1. The van der Waals surface area contributed by atoms with Crippen LogP contribution in [0.15, 0.2) is 72.0 Å². The topological polar surface area (TPSA) is 120 Å². The molecular formula is C20H17FN4O4S. The molecule has 0 saturated carbocycles. The predicted octanol–water partition coefficient (Wildman–Crippen LogP) is 1.73. The average Bonchev–Trinajstić information content (AvgIpc) is 3.33. The van der Waals surface area contributed by atoms with E-state index in [1.54, 1.807) is 24.4 Å². The molecule has 1 amide bonds. The van der Waals surface area contributed by atoms with Gasteiger partial charge in [0.2, 0.25) is 5.91 Å². The molecule has 10 heteroatoms. The van der Waals surface area contributed by atoms with Crippen LogP contribution in [0.3, 0.4) is 0 Å². The highest BCUT2D eigenvalue weighted by Crippen LogP contribution is 2.33. The second-order valence-corrected chi connectivity index (χ2v) is 8.50. The highest BCUT2D eigenvalue weighted by atomic mass is 32.2. The number of rotatable bonds is 6. The number of carbonyl (C=O) groups is 1. The van der Waals surface area contributed by atoms with Crippen LogP contribution in [0.2, 0.25) is 0 Å². The van der Waals surface area contributed by atoms with Gasteiger partial charge in [0.1, 0.15) is 5.82 Å². The van der Waals surface area contributed by atoms with Gasteiger partial charge in [-0.25, -0.2) is 16.8 Å². The second-order valence-electron chi connectivity index (χ2n) is 6.69. The first kappa shape index (κ1) is 19.8. The van der Waals surface area contributed by atoms with Gasteiger partial charge in [0.05, 0.1) is 23.2 Å². The molecule has 2 heterocycles. The Hall–Kier alpha value is -3.50. The summed E-state index contributed by atoms with van der Waals surface area (Å²) >= 11 is 0. The van der Waals surface area contributed by atoms with E-state index in [4.69, 9.17) is 5.73 Å². The Bertz CT molecular complexity index is 1350. The minimum absolute atomic E-state index is 0.0676. The van der Waals surface area contributed by atoms with Gasteiger partial charge in [-0.2, -0.15) is 5.10 Å². The minimum Gasteiger partial charge on any atom is -0.381 e. The van der Waals surface area contributed by atoms with Gasteiger partial charge in [0, 0.05) is 28.9 Å². The number of hydrogen-bond donors (Lipinski definition) is 2. The van der Waals surface area contributed by atoms with Crippen LogP contribution in [0, 0.1) is 5.82 Å². The van der Waals surface area contributed by atoms with Crippen molar-refractivity contribution in [1.29, 1.82) is 0 Å². The second kappa shape index (κ2) is 7.39. The molecule has 0 fully saturated rings. The number of nitrogens with zero attached hydrogens (tertiary/aromatic N) is 3. The molecule has 0 aliphatic rings. The standard InChI is InChI=1S/C20H17FN4O4S/c21-14-6-7-16-17(13-9-23-24(10-13)12-19(26)20(22)27)11-25(18(16)8-14)30(28,29)15-4-2-1-3-5-15/h1-11,19,26H,12H2,(H2,22,27). The Kier molecular flexibility index (Phi) is 4.88. The summed E-state index contributed by atoms with van der Waals surface area (Å²) in [6, 6.07) is 11.7. The first-order valence-corrected chi connectivity index (χ1v) is 10.3. The number of benzene rings is 2. The highest BCUT2D eigenvalue weighted by Gasteiger charge is 2.23. The maximum Gasteiger partial charge on any atom is 0.268 e. The molecule has 8 nitrogen and oxygen atoms in total. The van der Waals surface area contributed by atoms with Crippen molar-refractivity contribution in [3.63, 3.8) is 0 Å². The monoisotopic (exact) mass is 428 g/mol. The molecule has 0 saturated heterocycles. The summed E-state index contributed by atoms with van der Waals surface area (Å²) in [5.74, 6) is -1.45. The van der Waals surface area contributed by atoms with Crippen molar-refractivity contribution in [3.8, 4) is 11.1 Å². The van der Waals surface area contributed by atoms with Gasteiger partial charge < -0.3 is 10.8 Å². The van der Waals surface area contributed by atoms with E-state index in [0.29, 0.717) is 16.5 Å². The Balaban J connectivity index is 1.86. The molecule has 1 unspecified atom stereocenters. The lowest BCUT2D eigenvalue weighted by atomic mass is 10.1. The molecule has 4 rings (SSSR count). The lowest BCUT2D eigenvalue weighted by Crippen LogP contribution is -2.32. The van der Waals surface area contributed by atoms with Crippen LogP contribution >= 0.6 is 0 Å². The summed E-state index contributed by atoms with van der Waals surface area (Å²) in [5, 5.41) is 14.2. The fourth-order valence-corrected chi connectivity index (χ4v) is 4.56. The Morgan fingerprint density at radius 2 is 1.90 bits per heavy atom. The first-order valence-electron chi connectivity index (χ1n) is 8.89. The molecule has 0 bridgehead atoms. The fraction of sp³-hybridized carbons (Fsp3) is 0.100.